The minimum absolute atomic E-state index is 0.180. The van der Waals surface area contributed by atoms with Gasteiger partial charge in [0.15, 0.2) is 0 Å². The third-order valence-corrected chi connectivity index (χ3v) is 3.80. The summed E-state index contributed by atoms with van der Waals surface area (Å²) in [5, 5.41) is 20.9. The van der Waals surface area contributed by atoms with Crippen LogP contribution in [-0.2, 0) is 16.8 Å². The highest BCUT2D eigenvalue weighted by Gasteiger charge is 2.37. The van der Waals surface area contributed by atoms with Gasteiger partial charge in [-0.05, 0) is 36.3 Å². The fraction of sp³-hybridized carbons (Fsp3) is 0.500. The summed E-state index contributed by atoms with van der Waals surface area (Å²) in [5.41, 5.74) is -0.00174. The molecule has 0 radical (unpaired) electrons. The van der Waals surface area contributed by atoms with Gasteiger partial charge in [-0.15, -0.1) is 11.3 Å². The minimum atomic E-state index is -1.12. The van der Waals surface area contributed by atoms with Gasteiger partial charge in [0.2, 0.25) is 0 Å². The van der Waals surface area contributed by atoms with Crippen LogP contribution in [0.4, 0.5) is 0 Å². The lowest BCUT2D eigenvalue weighted by Crippen LogP contribution is -2.31. The lowest BCUT2D eigenvalue weighted by atomic mass is 9.83. The van der Waals surface area contributed by atoms with Crippen molar-refractivity contribution in [3.05, 3.63) is 21.9 Å². The molecule has 4 heteroatoms. The fourth-order valence-corrected chi connectivity index (χ4v) is 3.13. The first-order valence-electron chi connectivity index (χ1n) is 4.63. The highest BCUT2D eigenvalue weighted by atomic mass is 32.1. The molecule has 0 fully saturated rings. The number of aryl methyl sites for hydroxylation is 1. The van der Waals surface area contributed by atoms with Crippen molar-refractivity contribution in [2.24, 2.45) is 0 Å². The Morgan fingerprint density at radius 1 is 1.64 bits per heavy atom. The number of rotatable bonds is 2. The first-order chi connectivity index (χ1) is 6.62. The van der Waals surface area contributed by atoms with Crippen LogP contribution in [0.2, 0.25) is 0 Å². The molecule has 76 valence electrons. The van der Waals surface area contributed by atoms with Crippen molar-refractivity contribution in [2.45, 2.75) is 31.3 Å². The van der Waals surface area contributed by atoms with Crippen molar-refractivity contribution in [1.29, 1.82) is 0 Å². The maximum atomic E-state index is 10.6. The largest absolute Gasteiger partial charge is 0.481 e. The maximum Gasteiger partial charge on any atom is 0.306 e. The molecule has 3 nitrogen and oxygen atoms in total. The average molecular weight is 212 g/mol. The molecule has 0 spiro atoms. The molecule has 2 rings (SSSR count). The van der Waals surface area contributed by atoms with Crippen molar-refractivity contribution < 1.29 is 15.0 Å². The number of carboxylic acids is 1. The molecule has 1 heterocycles. The molecule has 1 atom stereocenters. The van der Waals surface area contributed by atoms with Crippen LogP contribution in [-0.4, -0.2) is 16.2 Å². The van der Waals surface area contributed by atoms with Crippen LogP contribution < -0.4 is 0 Å². The van der Waals surface area contributed by atoms with Crippen molar-refractivity contribution in [3.8, 4) is 0 Å². The first-order valence-corrected chi connectivity index (χ1v) is 5.51. The average Bonchev–Trinajstić information content (AvgIpc) is 2.51. The van der Waals surface area contributed by atoms with E-state index in [4.69, 9.17) is 5.11 Å². The Morgan fingerprint density at radius 3 is 3.14 bits per heavy atom. The van der Waals surface area contributed by atoms with Crippen molar-refractivity contribution in [3.63, 3.8) is 0 Å². The monoisotopic (exact) mass is 212 g/mol. The summed E-state index contributed by atoms with van der Waals surface area (Å²) < 4.78 is 0. The van der Waals surface area contributed by atoms with Gasteiger partial charge in [-0.1, -0.05) is 0 Å². The summed E-state index contributed by atoms with van der Waals surface area (Å²) in [6.07, 6.45) is 2.21. The van der Waals surface area contributed by atoms with E-state index in [0.29, 0.717) is 6.42 Å². The van der Waals surface area contributed by atoms with E-state index in [1.54, 1.807) is 0 Å². The maximum absolute atomic E-state index is 10.6. The number of fused-ring (bicyclic) bond motifs is 1. The standard InChI is InChI=1S/C10H12O3S/c11-8(12)6-10(13)4-1-2-7-3-5-14-9(7)10/h3,5,13H,1-2,4,6H2,(H,11,12). The Labute approximate surface area is 86.0 Å². The quantitative estimate of drug-likeness (QED) is 0.785. The second-order valence-electron chi connectivity index (χ2n) is 3.73. The third-order valence-electron chi connectivity index (χ3n) is 2.65. The molecule has 0 saturated carbocycles. The van der Waals surface area contributed by atoms with Crippen molar-refractivity contribution in [1.82, 2.24) is 0 Å². The van der Waals surface area contributed by atoms with Gasteiger partial charge >= 0.3 is 5.97 Å². The predicted octanol–water partition coefficient (Wildman–Crippen LogP) is 1.75. The summed E-state index contributed by atoms with van der Waals surface area (Å²) in [6.45, 7) is 0. The summed E-state index contributed by atoms with van der Waals surface area (Å²) in [4.78, 5) is 11.5. The van der Waals surface area contributed by atoms with Gasteiger partial charge in [-0.3, -0.25) is 4.79 Å². The van der Waals surface area contributed by atoms with Crippen LogP contribution in [0.25, 0.3) is 0 Å². The first kappa shape index (κ1) is 9.68. The molecule has 0 aromatic carbocycles. The second-order valence-corrected chi connectivity index (χ2v) is 4.65. The van der Waals surface area contributed by atoms with E-state index < -0.39 is 11.6 Å². The van der Waals surface area contributed by atoms with Crippen LogP contribution in [0.15, 0.2) is 11.4 Å². The number of hydrogen-bond acceptors (Lipinski definition) is 3. The summed E-state index contributed by atoms with van der Waals surface area (Å²) in [7, 11) is 0. The van der Waals surface area contributed by atoms with Crippen LogP contribution in [0.5, 0.6) is 0 Å². The normalized spacial score (nSPS) is 25.8. The highest BCUT2D eigenvalue weighted by molar-refractivity contribution is 7.10. The van der Waals surface area contributed by atoms with E-state index in [1.807, 2.05) is 11.4 Å². The molecule has 1 aromatic rings. The molecule has 14 heavy (non-hydrogen) atoms. The van der Waals surface area contributed by atoms with Gasteiger partial charge in [0.1, 0.15) is 5.60 Å². The van der Waals surface area contributed by atoms with Gasteiger partial charge < -0.3 is 10.2 Å². The molecule has 2 N–H and O–H groups in total. The fourth-order valence-electron chi connectivity index (χ4n) is 2.04. The number of hydrogen-bond donors (Lipinski definition) is 2. The Kier molecular flexibility index (Phi) is 2.33. The van der Waals surface area contributed by atoms with E-state index in [1.165, 1.54) is 11.3 Å². The summed E-state index contributed by atoms with van der Waals surface area (Å²) in [6, 6.07) is 1.98. The molecule has 1 unspecified atom stereocenters. The molecular weight excluding hydrogens is 200 g/mol. The molecule has 1 aliphatic rings. The van der Waals surface area contributed by atoms with E-state index in [0.717, 1.165) is 23.3 Å². The lowest BCUT2D eigenvalue weighted by molar-refractivity contribution is -0.143. The number of aliphatic hydroxyl groups is 1. The zero-order valence-electron chi connectivity index (χ0n) is 7.69. The van der Waals surface area contributed by atoms with Gasteiger partial charge in [0.05, 0.1) is 6.42 Å². The van der Waals surface area contributed by atoms with Gasteiger partial charge in [0.25, 0.3) is 0 Å². The lowest BCUT2D eigenvalue weighted by Gasteiger charge is -2.30. The van der Waals surface area contributed by atoms with Gasteiger partial charge in [-0.25, -0.2) is 0 Å². The Balaban J connectivity index is 2.34. The molecule has 1 aromatic heterocycles. The molecule has 0 aliphatic heterocycles. The highest BCUT2D eigenvalue weighted by Crippen LogP contribution is 2.40. The minimum Gasteiger partial charge on any atom is -0.481 e. The van der Waals surface area contributed by atoms with Crippen molar-refractivity contribution >= 4 is 17.3 Å². The van der Waals surface area contributed by atoms with E-state index >= 15 is 0 Å². The summed E-state index contributed by atoms with van der Waals surface area (Å²) in [5.74, 6) is -0.936. The van der Waals surface area contributed by atoms with Crippen LogP contribution in [0.3, 0.4) is 0 Å². The topological polar surface area (TPSA) is 57.5 Å². The Morgan fingerprint density at radius 2 is 2.43 bits per heavy atom. The molecule has 1 aliphatic carbocycles. The van der Waals surface area contributed by atoms with E-state index in [-0.39, 0.29) is 6.42 Å². The SMILES string of the molecule is O=C(O)CC1(O)CCCc2ccsc21. The molecular formula is C10H12O3S. The van der Waals surface area contributed by atoms with Crippen LogP contribution >= 0.6 is 11.3 Å². The molecule has 0 bridgehead atoms. The van der Waals surface area contributed by atoms with E-state index in [9.17, 15) is 9.90 Å². The van der Waals surface area contributed by atoms with Crippen LogP contribution in [0, 0.1) is 0 Å². The second kappa shape index (κ2) is 3.37. The smallest absolute Gasteiger partial charge is 0.306 e. The Hall–Kier alpha value is -0.870. The van der Waals surface area contributed by atoms with E-state index in [2.05, 4.69) is 0 Å². The van der Waals surface area contributed by atoms with Gasteiger partial charge in [0, 0.05) is 4.88 Å². The zero-order valence-corrected chi connectivity index (χ0v) is 8.51. The number of carboxylic acid groups (broad SMARTS) is 1. The summed E-state index contributed by atoms with van der Waals surface area (Å²) >= 11 is 1.46. The third kappa shape index (κ3) is 1.55. The molecule has 0 saturated heterocycles. The number of aliphatic carboxylic acids is 1. The predicted molar refractivity (Wildman–Crippen MR) is 53.4 cm³/mol. The number of carbonyl (C=O) groups is 1. The Bertz CT molecular complexity index is 358. The van der Waals surface area contributed by atoms with Crippen molar-refractivity contribution in [2.75, 3.05) is 0 Å². The van der Waals surface area contributed by atoms with Crippen LogP contribution in [0.1, 0.15) is 29.7 Å². The number of thiophene rings is 1. The zero-order chi connectivity index (χ0) is 10.2. The molecule has 0 amide bonds. The van der Waals surface area contributed by atoms with Gasteiger partial charge in [-0.2, -0.15) is 0 Å².